The summed E-state index contributed by atoms with van der Waals surface area (Å²) in [5.74, 6) is 0. The second kappa shape index (κ2) is 6.39. The number of rotatable bonds is 6. The maximum atomic E-state index is 3.53. The maximum Gasteiger partial charge on any atom is 0.0192 e. The molecule has 2 atom stereocenters. The van der Waals surface area contributed by atoms with Crippen LogP contribution >= 0.6 is 0 Å². The lowest BCUT2D eigenvalue weighted by Gasteiger charge is -2.29. The average Bonchev–Trinajstić information content (AvgIpc) is 2.11. The molecule has 0 aliphatic rings. The first-order valence-electron chi connectivity index (χ1n) is 5.44. The Morgan fingerprint density at radius 2 is 1.69 bits per heavy atom. The normalized spacial score (nSPS) is 16.6. The molecule has 80 valence electrons. The summed E-state index contributed by atoms with van der Waals surface area (Å²) in [7, 11) is 2.19. The summed E-state index contributed by atoms with van der Waals surface area (Å²) in [4.78, 5) is 2.40. The smallest absolute Gasteiger partial charge is 0.0192 e. The van der Waals surface area contributed by atoms with Gasteiger partial charge in [0.2, 0.25) is 0 Å². The predicted molar refractivity (Wildman–Crippen MR) is 60.1 cm³/mol. The Hall–Kier alpha value is -0.0800. The van der Waals surface area contributed by atoms with Gasteiger partial charge >= 0.3 is 0 Å². The molecule has 13 heavy (non-hydrogen) atoms. The van der Waals surface area contributed by atoms with Crippen LogP contribution in [0.4, 0.5) is 0 Å². The Bertz CT molecular complexity index is 123. The van der Waals surface area contributed by atoms with Crippen LogP contribution in [-0.2, 0) is 0 Å². The van der Waals surface area contributed by atoms with Crippen molar-refractivity contribution >= 4 is 0 Å². The monoisotopic (exact) mass is 186 g/mol. The largest absolute Gasteiger partial charge is 0.313 e. The lowest BCUT2D eigenvalue weighted by Crippen LogP contribution is -2.43. The number of nitrogens with zero attached hydrogens (tertiary/aromatic N) is 1. The van der Waals surface area contributed by atoms with Crippen LogP contribution < -0.4 is 5.32 Å². The van der Waals surface area contributed by atoms with Crippen LogP contribution in [0.1, 0.15) is 41.0 Å². The summed E-state index contributed by atoms with van der Waals surface area (Å²) in [6.07, 6.45) is 1.21. The van der Waals surface area contributed by atoms with Crippen molar-refractivity contribution in [1.82, 2.24) is 10.2 Å². The zero-order chi connectivity index (χ0) is 10.4. The highest BCUT2D eigenvalue weighted by molar-refractivity contribution is 4.71. The van der Waals surface area contributed by atoms with Crippen LogP contribution in [-0.4, -0.2) is 36.6 Å². The third-order valence-electron chi connectivity index (χ3n) is 2.88. The van der Waals surface area contributed by atoms with Crippen molar-refractivity contribution in [1.29, 1.82) is 0 Å². The molecule has 0 spiro atoms. The van der Waals surface area contributed by atoms with E-state index >= 15 is 0 Å². The van der Waals surface area contributed by atoms with Crippen molar-refractivity contribution in [3.8, 4) is 0 Å². The molecule has 0 aliphatic carbocycles. The van der Waals surface area contributed by atoms with E-state index in [1.807, 2.05) is 0 Å². The zero-order valence-electron chi connectivity index (χ0n) is 10.1. The van der Waals surface area contributed by atoms with Crippen molar-refractivity contribution < 1.29 is 0 Å². The molecule has 0 saturated carbocycles. The van der Waals surface area contributed by atoms with E-state index in [1.165, 1.54) is 6.42 Å². The van der Waals surface area contributed by atoms with Gasteiger partial charge in [0.1, 0.15) is 0 Å². The first-order valence-corrected chi connectivity index (χ1v) is 5.44. The van der Waals surface area contributed by atoms with Crippen LogP contribution in [0.3, 0.4) is 0 Å². The van der Waals surface area contributed by atoms with Crippen LogP contribution in [0.15, 0.2) is 0 Å². The van der Waals surface area contributed by atoms with Gasteiger partial charge in [-0.05, 0) is 41.2 Å². The van der Waals surface area contributed by atoms with Gasteiger partial charge in [0, 0.05) is 24.7 Å². The Labute approximate surface area is 83.7 Å². The summed E-state index contributed by atoms with van der Waals surface area (Å²) >= 11 is 0. The molecule has 0 fully saturated rings. The summed E-state index contributed by atoms with van der Waals surface area (Å²) in [5, 5.41) is 3.53. The highest BCUT2D eigenvalue weighted by Crippen LogP contribution is 2.01. The summed E-state index contributed by atoms with van der Waals surface area (Å²) in [6.45, 7) is 12.3. The predicted octanol–water partition coefficient (Wildman–Crippen LogP) is 2.10. The molecule has 0 rings (SSSR count). The standard InChI is InChI=1S/C11H26N2/c1-7-10(4)12-8-11(5)13(6)9(2)3/h9-12H,7-8H2,1-6H3. The third kappa shape index (κ3) is 5.27. The fraction of sp³-hybridized carbons (Fsp3) is 1.00. The van der Waals surface area contributed by atoms with E-state index in [0.717, 1.165) is 6.54 Å². The van der Waals surface area contributed by atoms with E-state index in [4.69, 9.17) is 0 Å². The molecule has 2 unspecified atom stereocenters. The molecule has 0 radical (unpaired) electrons. The van der Waals surface area contributed by atoms with Gasteiger partial charge in [0.25, 0.3) is 0 Å². The third-order valence-corrected chi connectivity index (χ3v) is 2.88. The fourth-order valence-corrected chi connectivity index (χ4v) is 1.17. The minimum Gasteiger partial charge on any atom is -0.313 e. The Kier molecular flexibility index (Phi) is 6.35. The second-order valence-corrected chi connectivity index (χ2v) is 4.33. The van der Waals surface area contributed by atoms with Crippen LogP contribution in [0, 0.1) is 0 Å². The van der Waals surface area contributed by atoms with Gasteiger partial charge in [0.05, 0.1) is 0 Å². The summed E-state index contributed by atoms with van der Waals surface area (Å²) < 4.78 is 0. The topological polar surface area (TPSA) is 15.3 Å². The van der Waals surface area contributed by atoms with E-state index in [-0.39, 0.29) is 0 Å². The molecule has 0 bridgehead atoms. The minimum atomic E-state index is 0.619. The minimum absolute atomic E-state index is 0.619. The lowest BCUT2D eigenvalue weighted by molar-refractivity contribution is 0.200. The van der Waals surface area contributed by atoms with Gasteiger partial charge < -0.3 is 10.2 Å². The van der Waals surface area contributed by atoms with Gasteiger partial charge in [-0.25, -0.2) is 0 Å². The SMILES string of the molecule is CCC(C)NCC(C)N(C)C(C)C. The van der Waals surface area contributed by atoms with E-state index in [0.29, 0.717) is 18.1 Å². The molecule has 2 heteroatoms. The Balaban J connectivity index is 3.67. The number of hydrogen-bond acceptors (Lipinski definition) is 2. The fourth-order valence-electron chi connectivity index (χ4n) is 1.17. The van der Waals surface area contributed by atoms with Crippen molar-refractivity contribution in [2.45, 2.75) is 59.2 Å². The second-order valence-electron chi connectivity index (χ2n) is 4.33. The molecule has 0 aromatic carbocycles. The van der Waals surface area contributed by atoms with E-state index in [9.17, 15) is 0 Å². The highest BCUT2D eigenvalue weighted by Gasteiger charge is 2.12. The number of nitrogens with one attached hydrogen (secondary N) is 1. The van der Waals surface area contributed by atoms with Crippen molar-refractivity contribution in [2.75, 3.05) is 13.6 Å². The van der Waals surface area contributed by atoms with Crippen LogP contribution in [0.5, 0.6) is 0 Å². The highest BCUT2D eigenvalue weighted by atomic mass is 15.2. The first kappa shape index (κ1) is 12.9. The van der Waals surface area contributed by atoms with E-state index < -0.39 is 0 Å². The van der Waals surface area contributed by atoms with Crippen LogP contribution in [0.2, 0.25) is 0 Å². The molecule has 0 aromatic rings. The number of likely N-dealkylation sites (N-methyl/N-ethyl adjacent to an activating group) is 1. The van der Waals surface area contributed by atoms with E-state index in [2.05, 4.69) is 51.9 Å². The molecule has 0 aromatic heterocycles. The van der Waals surface area contributed by atoms with Crippen molar-refractivity contribution in [2.24, 2.45) is 0 Å². The van der Waals surface area contributed by atoms with Crippen molar-refractivity contribution in [3.63, 3.8) is 0 Å². The van der Waals surface area contributed by atoms with Crippen molar-refractivity contribution in [3.05, 3.63) is 0 Å². The summed E-state index contributed by atoms with van der Waals surface area (Å²) in [6, 6.07) is 1.89. The molecule has 0 heterocycles. The summed E-state index contributed by atoms with van der Waals surface area (Å²) in [5.41, 5.74) is 0. The zero-order valence-corrected chi connectivity index (χ0v) is 10.1. The quantitative estimate of drug-likeness (QED) is 0.683. The van der Waals surface area contributed by atoms with Gasteiger partial charge in [-0.2, -0.15) is 0 Å². The van der Waals surface area contributed by atoms with Gasteiger partial charge in [-0.3, -0.25) is 0 Å². The molecular weight excluding hydrogens is 160 g/mol. The van der Waals surface area contributed by atoms with Gasteiger partial charge in [0.15, 0.2) is 0 Å². The Morgan fingerprint density at radius 3 is 2.08 bits per heavy atom. The average molecular weight is 186 g/mol. The number of hydrogen-bond donors (Lipinski definition) is 1. The van der Waals surface area contributed by atoms with Gasteiger partial charge in [-0.15, -0.1) is 0 Å². The van der Waals surface area contributed by atoms with Gasteiger partial charge in [-0.1, -0.05) is 6.92 Å². The molecule has 0 amide bonds. The molecular formula is C11H26N2. The van der Waals surface area contributed by atoms with E-state index in [1.54, 1.807) is 0 Å². The Morgan fingerprint density at radius 1 is 1.15 bits per heavy atom. The van der Waals surface area contributed by atoms with Crippen LogP contribution in [0.25, 0.3) is 0 Å². The lowest BCUT2D eigenvalue weighted by atomic mass is 10.2. The molecule has 0 aliphatic heterocycles. The molecule has 0 saturated heterocycles. The maximum absolute atomic E-state index is 3.53. The first-order chi connectivity index (χ1) is 5.99. The molecule has 1 N–H and O–H groups in total. The molecule has 2 nitrogen and oxygen atoms in total.